The van der Waals surface area contributed by atoms with E-state index in [9.17, 15) is 4.57 Å². The Labute approximate surface area is 210 Å². The molecule has 0 aliphatic carbocycles. The molecule has 0 radical (unpaired) electrons. The molecule has 3 nitrogen and oxygen atoms in total. The Morgan fingerprint density at radius 1 is 0.455 bits per heavy atom. The molecule has 0 aliphatic heterocycles. The molecule has 0 atom stereocenters. The van der Waals surface area contributed by atoms with E-state index in [0.717, 1.165) is 12.8 Å². The van der Waals surface area contributed by atoms with Crippen molar-refractivity contribution in [1.82, 2.24) is 0 Å². The summed E-state index contributed by atoms with van der Waals surface area (Å²) in [5, 5.41) is 0. The molecule has 0 aromatic carbocycles. The summed E-state index contributed by atoms with van der Waals surface area (Å²) >= 11 is 0. The zero-order valence-corrected chi connectivity index (χ0v) is 25.4. The fraction of sp³-hybridized carbons (Fsp3) is 1.00. The van der Waals surface area contributed by atoms with Crippen molar-refractivity contribution >= 4 is 14.9 Å². The van der Waals surface area contributed by atoms with Gasteiger partial charge in [0.15, 0.2) is 0 Å². The Bertz CT molecular complexity index is 386. The van der Waals surface area contributed by atoms with Gasteiger partial charge in [0, 0.05) is 6.16 Å². The first-order valence-electron chi connectivity index (χ1n) is 14.8. The zero-order valence-electron chi connectivity index (χ0n) is 23.5. The molecular weight excluding hydrogens is 446 g/mol. The molecule has 5 heteroatoms. The van der Waals surface area contributed by atoms with Crippen LogP contribution in [0.2, 0.25) is 0 Å². The van der Waals surface area contributed by atoms with Crippen LogP contribution in [0.5, 0.6) is 0 Å². The second-order valence-corrected chi connectivity index (χ2v) is 17.3. The average Bonchev–Trinajstić information content (AvgIpc) is 2.79. The van der Waals surface area contributed by atoms with Gasteiger partial charge in [0.25, 0.3) is 0 Å². The van der Waals surface area contributed by atoms with Crippen LogP contribution in [0.1, 0.15) is 150 Å². The summed E-state index contributed by atoms with van der Waals surface area (Å²) in [4.78, 5) is 17.3. The fourth-order valence-corrected chi connectivity index (χ4v) is 11.3. The van der Waals surface area contributed by atoms with Gasteiger partial charge in [0.2, 0.25) is 0 Å². The van der Waals surface area contributed by atoms with Crippen LogP contribution in [0, 0.1) is 0 Å². The van der Waals surface area contributed by atoms with Gasteiger partial charge in [-0.15, -0.1) is 0 Å². The van der Waals surface area contributed by atoms with Gasteiger partial charge in [0.1, 0.15) is 0 Å². The van der Waals surface area contributed by atoms with E-state index in [1.165, 1.54) is 96.3 Å². The van der Waals surface area contributed by atoms with E-state index in [2.05, 4.69) is 34.6 Å². The van der Waals surface area contributed by atoms with Crippen LogP contribution in [-0.2, 0) is 4.57 Å². The van der Waals surface area contributed by atoms with Crippen molar-refractivity contribution in [2.24, 2.45) is 0 Å². The Kier molecular flexibility index (Phi) is 27.8. The zero-order chi connectivity index (χ0) is 25.3. The molecule has 0 saturated heterocycles. The molecule has 0 unspecified atom stereocenters. The molecule has 0 saturated carbocycles. The predicted octanol–water partition coefficient (Wildman–Crippen LogP) is 10.0. The molecule has 0 amide bonds. The van der Waals surface area contributed by atoms with Crippen LogP contribution >= 0.6 is 14.9 Å². The van der Waals surface area contributed by atoms with Crippen molar-refractivity contribution in [2.45, 2.75) is 150 Å². The quantitative estimate of drug-likeness (QED) is 0.106. The van der Waals surface area contributed by atoms with Gasteiger partial charge in [-0.1, -0.05) is 64.7 Å². The van der Waals surface area contributed by atoms with Crippen molar-refractivity contribution in [1.29, 1.82) is 0 Å². The van der Waals surface area contributed by atoms with E-state index in [4.69, 9.17) is 9.79 Å². The molecule has 33 heavy (non-hydrogen) atoms. The number of hydrogen-bond acceptors (Lipinski definition) is 1. The fourth-order valence-electron chi connectivity index (χ4n) is 4.76. The van der Waals surface area contributed by atoms with Crippen LogP contribution < -0.4 is 0 Å². The van der Waals surface area contributed by atoms with Crippen molar-refractivity contribution in [3.8, 4) is 0 Å². The van der Waals surface area contributed by atoms with Gasteiger partial charge in [-0.25, -0.2) is 0 Å². The second-order valence-electron chi connectivity index (χ2n) is 10.5. The molecule has 0 aliphatic rings. The monoisotopic (exact) mass is 510 g/mol. The summed E-state index contributed by atoms with van der Waals surface area (Å²) in [5.41, 5.74) is 0. The summed E-state index contributed by atoms with van der Waals surface area (Å²) < 4.78 is 10.6. The Morgan fingerprint density at radius 3 is 1.00 bits per heavy atom. The summed E-state index contributed by atoms with van der Waals surface area (Å²) in [6.45, 7) is 11.7. The standard InChI is InChI=1S/C16H37P.C12H27O3P/c1-5-9-13-17(14-10-6-2,15-11-7-3)16-12-8-4;1-2-3-4-5-6-7-8-9-10-11-12-16(13,14)15/h17H,5-16H2,1-4H3;2-12H2,1H3,(H2,13,14,15). The minimum atomic E-state index is -3.74. The van der Waals surface area contributed by atoms with E-state index in [0.29, 0.717) is 6.42 Å². The van der Waals surface area contributed by atoms with Crippen molar-refractivity contribution in [3.05, 3.63) is 0 Å². The van der Waals surface area contributed by atoms with Crippen LogP contribution in [-0.4, -0.2) is 40.6 Å². The third-order valence-corrected chi connectivity index (χ3v) is 13.6. The first kappa shape index (κ1) is 35.7. The van der Waals surface area contributed by atoms with Gasteiger partial charge in [-0.2, -0.15) is 0 Å². The molecule has 0 bridgehead atoms. The molecule has 0 fully saturated rings. The van der Waals surface area contributed by atoms with Crippen molar-refractivity contribution < 1.29 is 14.4 Å². The van der Waals surface area contributed by atoms with Gasteiger partial charge in [-0.05, 0) is 6.42 Å². The van der Waals surface area contributed by atoms with Crippen molar-refractivity contribution in [2.75, 3.05) is 30.8 Å². The average molecular weight is 511 g/mol. The summed E-state index contributed by atoms with van der Waals surface area (Å²) in [5.74, 6) is 0. The van der Waals surface area contributed by atoms with E-state index in [1.54, 1.807) is 24.6 Å². The molecule has 0 aromatic rings. The number of hydrogen-bond donors (Lipinski definition) is 2. The molecule has 0 heterocycles. The Morgan fingerprint density at radius 2 is 0.727 bits per heavy atom. The maximum atomic E-state index is 10.6. The van der Waals surface area contributed by atoms with E-state index in [1.807, 2.05) is 0 Å². The third-order valence-electron chi connectivity index (χ3n) is 7.05. The van der Waals surface area contributed by atoms with Crippen LogP contribution in [0.15, 0.2) is 0 Å². The van der Waals surface area contributed by atoms with E-state index >= 15 is 0 Å². The molecule has 0 rings (SSSR count). The van der Waals surface area contributed by atoms with Gasteiger partial charge >= 0.3 is 119 Å². The number of unbranched alkanes of at least 4 members (excludes halogenated alkanes) is 13. The summed E-state index contributed by atoms with van der Waals surface area (Å²) in [6.07, 6.45) is 30.1. The van der Waals surface area contributed by atoms with Crippen LogP contribution in [0.4, 0.5) is 0 Å². The van der Waals surface area contributed by atoms with Crippen LogP contribution in [0.3, 0.4) is 0 Å². The summed E-state index contributed by atoms with van der Waals surface area (Å²) in [6, 6.07) is 0. The van der Waals surface area contributed by atoms with E-state index < -0.39 is 14.9 Å². The molecular formula is C28H64O3P2. The van der Waals surface area contributed by atoms with Crippen molar-refractivity contribution in [3.63, 3.8) is 0 Å². The maximum absolute atomic E-state index is 10.6. The first-order valence-corrected chi connectivity index (χ1v) is 19.5. The molecule has 0 aromatic heterocycles. The Balaban J connectivity index is 0. The van der Waals surface area contributed by atoms with Crippen LogP contribution in [0.25, 0.3) is 0 Å². The minimum absolute atomic E-state index is 0.0590. The normalized spacial score (nSPS) is 12.5. The van der Waals surface area contributed by atoms with Gasteiger partial charge < -0.3 is 9.79 Å². The van der Waals surface area contributed by atoms with E-state index in [-0.39, 0.29) is 6.16 Å². The van der Waals surface area contributed by atoms with Gasteiger partial charge in [0.05, 0.1) is 0 Å². The predicted molar refractivity (Wildman–Crippen MR) is 156 cm³/mol. The molecule has 2 N–H and O–H groups in total. The topological polar surface area (TPSA) is 57.5 Å². The number of rotatable bonds is 23. The first-order chi connectivity index (χ1) is 15.8. The SMILES string of the molecule is CCCCCCCCCCCCP(=O)(O)O.CCCC[PH](CCCC)(CCCC)CCCC. The second kappa shape index (κ2) is 25.7. The molecule has 0 spiro atoms. The summed E-state index contributed by atoms with van der Waals surface area (Å²) in [7, 11) is -4.62. The third kappa shape index (κ3) is 27.0. The van der Waals surface area contributed by atoms with Gasteiger partial charge in [-0.3, -0.25) is 4.57 Å². The Hall–Kier alpha value is 0.580. The molecule has 204 valence electrons.